The summed E-state index contributed by atoms with van der Waals surface area (Å²) in [4.78, 5) is 23.3. The first-order chi connectivity index (χ1) is 10.5. The van der Waals surface area contributed by atoms with Crippen LogP contribution in [-0.4, -0.2) is 11.8 Å². The van der Waals surface area contributed by atoms with Crippen molar-refractivity contribution in [3.63, 3.8) is 0 Å². The molecule has 2 aromatic carbocycles. The van der Waals surface area contributed by atoms with Gasteiger partial charge in [-0.05, 0) is 36.4 Å². The number of carbonyl (C=O) groups excluding carboxylic acids is 2. The molecule has 0 aliphatic rings. The molecule has 0 aromatic heterocycles. The molecular weight excluding hydrogens is 284 g/mol. The molecule has 0 spiro atoms. The number of hydrogen-bond donors (Lipinski definition) is 6. The zero-order valence-corrected chi connectivity index (χ0v) is 11.6. The van der Waals surface area contributed by atoms with Gasteiger partial charge in [0.2, 0.25) is 0 Å². The molecule has 0 aliphatic carbocycles. The molecule has 0 saturated carbocycles. The molecule has 114 valence electrons. The van der Waals surface area contributed by atoms with Crippen LogP contribution in [0, 0.1) is 0 Å². The zero-order valence-electron chi connectivity index (χ0n) is 11.6. The number of nitrogen functional groups attached to an aromatic ring is 4. The third-order valence-electron chi connectivity index (χ3n) is 3.18. The largest absolute Gasteiger partial charge is 0.398 e. The highest BCUT2D eigenvalue weighted by Crippen LogP contribution is 2.32. The van der Waals surface area contributed by atoms with Gasteiger partial charge >= 0.3 is 0 Å². The highest BCUT2D eigenvalue weighted by Gasteiger charge is 2.13. The van der Waals surface area contributed by atoms with Gasteiger partial charge in [0.15, 0.2) is 0 Å². The SMILES string of the molecule is NNC(=O)c1ccc(N)c(-c2cc(C(=O)NN)ccc2N)c1. The smallest absolute Gasteiger partial charge is 0.265 e. The Bertz CT molecular complexity index is 681. The molecule has 0 saturated heterocycles. The summed E-state index contributed by atoms with van der Waals surface area (Å²) < 4.78 is 0. The summed E-state index contributed by atoms with van der Waals surface area (Å²) in [5.41, 5.74) is 18.5. The standard InChI is InChI=1S/C14H16N6O2/c15-11-3-1-7(13(21)19-17)5-9(11)10-6-8(14(22)20-18)2-4-12(10)16/h1-6H,15-18H2,(H,19,21)(H,20,22). The van der Waals surface area contributed by atoms with Gasteiger partial charge in [-0.2, -0.15) is 0 Å². The van der Waals surface area contributed by atoms with Gasteiger partial charge in [-0.1, -0.05) is 0 Å². The molecule has 0 aliphatic heterocycles. The van der Waals surface area contributed by atoms with Crippen LogP contribution in [0.4, 0.5) is 11.4 Å². The molecular formula is C14H16N6O2. The first-order valence-electron chi connectivity index (χ1n) is 6.29. The Labute approximate surface area is 126 Å². The molecule has 2 aromatic rings. The Morgan fingerprint density at radius 3 is 1.41 bits per heavy atom. The molecule has 0 atom stereocenters. The molecule has 22 heavy (non-hydrogen) atoms. The Hall–Kier alpha value is -3.10. The van der Waals surface area contributed by atoms with Crippen LogP contribution in [0.15, 0.2) is 36.4 Å². The fourth-order valence-corrected chi connectivity index (χ4v) is 2.03. The second-order valence-corrected chi connectivity index (χ2v) is 4.55. The van der Waals surface area contributed by atoms with Crippen LogP contribution < -0.4 is 34.0 Å². The molecule has 2 amide bonds. The number of carbonyl (C=O) groups is 2. The van der Waals surface area contributed by atoms with Gasteiger partial charge in [-0.3, -0.25) is 20.4 Å². The molecule has 0 radical (unpaired) electrons. The van der Waals surface area contributed by atoms with E-state index in [1.54, 1.807) is 24.3 Å². The van der Waals surface area contributed by atoms with Crippen LogP contribution in [0.2, 0.25) is 0 Å². The number of rotatable bonds is 3. The lowest BCUT2D eigenvalue weighted by molar-refractivity contribution is 0.0945. The average molecular weight is 300 g/mol. The molecule has 8 heteroatoms. The van der Waals surface area contributed by atoms with Crippen molar-refractivity contribution in [2.75, 3.05) is 11.5 Å². The highest BCUT2D eigenvalue weighted by molar-refractivity contribution is 6.00. The van der Waals surface area contributed by atoms with Crippen molar-refractivity contribution in [2.45, 2.75) is 0 Å². The minimum absolute atomic E-state index is 0.319. The van der Waals surface area contributed by atoms with Crippen LogP contribution in [0.25, 0.3) is 11.1 Å². The Kier molecular flexibility index (Phi) is 4.25. The number of nitrogens with two attached hydrogens (primary N) is 4. The normalized spacial score (nSPS) is 10.1. The summed E-state index contributed by atoms with van der Waals surface area (Å²) in [5.74, 6) is 9.32. The summed E-state index contributed by atoms with van der Waals surface area (Å²) in [6.45, 7) is 0. The average Bonchev–Trinajstić information content (AvgIpc) is 2.54. The van der Waals surface area contributed by atoms with E-state index in [-0.39, 0.29) is 0 Å². The van der Waals surface area contributed by atoms with Crippen molar-refractivity contribution in [2.24, 2.45) is 11.7 Å². The van der Waals surface area contributed by atoms with E-state index in [2.05, 4.69) is 0 Å². The van der Waals surface area contributed by atoms with E-state index in [1.165, 1.54) is 12.1 Å². The predicted molar refractivity (Wildman–Crippen MR) is 84.0 cm³/mol. The van der Waals surface area contributed by atoms with Crippen LogP contribution in [0.1, 0.15) is 20.7 Å². The predicted octanol–water partition coefficient (Wildman–Crippen LogP) is -0.275. The van der Waals surface area contributed by atoms with Crippen molar-refractivity contribution < 1.29 is 9.59 Å². The third-order valence-corrected chi connectivity index (χ3v) is 3.18. The highest BCUT2D eigenvalue weighted by atomic mass is 16.2. The van der Waals surface area contributed by atoms with E-state index in [0.29, 0.717) is 33.6 Å². The fraction of sp³-hybridized carbons (Fsp3) is 0. The van der Waals surface area contributed by atoms with Gasteiger partial charge in [0, 0.05) is 33.6 Å². The quantitative estimate of drug-likeness (QED) is 0.198. The minimum Gasteiger partial charge on any atom is -0.398 e. The van der Waals surface area contributed by atoms with E-state index in [9.17, 15) is 9.59 Å². The van der Waals surface area contributed by atoms with E-state index >= 15 is 0 Å². The number of benzene rings is 2. The van der Waals surface area contributed by atoms with Gasteiger partial charge in [0.25, 0.3) is 11.8 Å². The minimum atomic E-state index is -0.462. The monoisotopic (exact) mass is 300 g/mol. The van der Waals surface area contributed by atoms with Gasteiger partial charge < -0.3 is 11.5 Å². The second kappa shape index (κ2) is 6.12. The van der Waals surface area contributed by atoms with Gasteiger partial charge in [-0.15, -0.1) is 0 Å². The van der Waals surface area contributed by atoms with Crippen LogP contribution in [0.5, 0.6) is 0 Å². The van der Waals surface area contributed by atoms with E-state index in [1.807, 2.05) is 10.9 Å². The molecule has 8 nitrogen and oxygen atoms in total. The lowest BCUT2D eigenvalue weighted by atomic mass is 9.97. The van der Waals surface area contributed by atoms with E-state index < -0.39 is 11.8 Å². The Balaban J connectivity index is 2.60. The maximum atomic E-state index is 11.6. The van der Waals surface area contributed by atoms with Gasteiger partial charge in [-0.25, -0.2) is 11.7 Å². The molecule has 0 unspecified atom stereocenters. The van der Waals surface area contributed by atoms with Gasteiger partial charge in [0.05, 0.1) is 0 Å². The number of hydrazine groups is 2. The number of amides is 2. The molecule has 10 N–H and O–H groups in total. The number of hydrogen-bond acceptors (Lipinski definition) is 6. The maximum absolute atomic E-state index is 11.6. The van der Waals surface area contributed by atoms with Gasteiger partial charge in [0.1, 0.15) is 0 Å². The molecule has 0 bridgehead atoms. The van der Waals surface area contributed by atoms with E-state index in [0.717, 1.165) is 0 Å². The summed E-state index contributed by atoms with van der Waals surface area (Å²) in [6, 6.07) is 9.30. The van der Waals surface area contributed by atoms with Crippen LogP contribution >= 0.6 is 0 Å². The van der Waals surface area contributed by atoms with Crippen molar-refractivity contribution in [1.29, 1.82) is 0 Å². The summed E-state index contributed by atoms with van der Waals surface area (Å²) in [5, 5.41) is 0. The maximum Gasteiger partial charge on any atom is 0.265 e. The number of anilines is 2. The summed E-state index contributed by atoms with van der Waals surface area (Å²) in [6.07, 6.45) is 0. The van der Waals surface area contributed by atoms with Crippen molar-refractivity contribution in [3.05, 3.63) is 47.5 Å². The zero-order chi connectivity index (χ0) is 16.3. The summed E-state index contributed by atoms with van der Waals surface area (Å²) >= 11 is 0. The first-order valence-corrected chi connectivity index (χ1v) is 6.29. The fourth-order valence-electron chi connectivity index (χ4n) is 2.03. The van der Waals surface area contributed by atoms with Crippen molar-refractivity contribution in [3.8, 4) is 11.1 Å². The van der Waals surface area contributed by atoms with Crippen molar-refractivity contribution >= 4 is 23.2 Å². The Morgan fingerprint density at radius 2 is 1.09 bits per heavy atom. The lowest BCUT2D eigenvalue weighted by Crippen LogP contribution is -2.30. The lowest BCUT2D eigenvalue weighted by Gasteiger charge is -2.12. The van der Waals surface area contributed by atoms with Crippen molar-refractivity contribution in [1.82, 2.24) is 10.9 Å². The van der Waals surface area contributed by atoms with E-state index in [4.69, 9.17) is 23.2 Å². The van der Waals surface area contributed by atoms with Crippen LogP contribution in [0.3, 0.4) is 0 Å². The number of nitrogens with one attached hydrogen (secondary N) is 2. The van der Waals surface area contributed by atoms with Crippen LogP contribution in [-0.2, 0) is 0 Å². The first kappa shape index (κ1) is 15.3. The third kappa shape index (κ3) is 2.82. The molecule has 2 rings (SSSR count). The second-order valence-electron chi connectivity index (χ2n) is 4.55. The topological polar surface area (TPSA) is 162 Å². The molecule has 0 heterocycles. The summed E-state index contributed by atoms with van der Waals surface area (Å²) in [7, 11) is 0. The molecule has 0 fully saturated rings. The Morgan fingerprint density at radius 1 is 0.727 bits per heavy atom.